The molecule has 0 fully saturated rings. The fraction of sp³-hybridized carbons (Fsp3) is 0.200. The maximum absolute atomic E-state index is 13.9. The van der Waals surface area contributed by atoms with Gasteiger partial charge in [-0.3, -0.25) is 27.2 Å². The number of rotatable bonds is 24. The van der Waals surface area contributed by atoms with Crippen LogP contribution in [0, 0.1) is 17.8 Å². The van der Waals surface area contributed by atoms with E-state index >= 15 is 0 Å². The topological polar surface area (TPSA) is 225 Å². The van der Waals surface area contributed by atoms with Gasteiger partial charge in [0.25, 0.3) is 0 Å². The first kappa shape index (κ1) is 53.9. The number of hydrogen-bond donors (Lipinski definition) is 5. The highest BCUT2D eigenvalue weighted by atomic mass is 31.2. The Kier molecular flexibility index (Phi) is 15.0. The maximum atomic E-state index is 13.9. The van der Waals surface area contributed by atoms with E-state index in [0.29, 0.717) is 0 Å². The normalized spacial score (nSPS) is 15.9. The molecule has 0 spiro atoms. The van der Waals surface area contributed by atoms with Gasteiger partial charge in [0.05, 0.1) is 39.6 Å². The van der Waals surface area contributed by atoms with Gasteiger partial charge in [-0.1, -0.05) is 164 Å². The Hall–Kier alpha value is -5.76. The smallest absolute Gasteiger partial charge is 0.326 e. The van der Waals surface area contributed by atoms with Crippen LogP contribution in [0.4, 0.5) is 0 Å². The summed E-state index contributed by atoms with van der Waals surface area (Å²) >= 11 is 0. The van der Waals surface area contributed by atoms with Gasteiger partial charge in [0, 0.05) is 17.8 Å². The van der Waals surface area contributed by atoms with Crippen LogP contribution in [0.15, 0.2) is 164 Å². The maximum Gasteiger partial charge on any atom is 0.472 e. The second-order valence-electron chi connectivity index (χ2n) is 20.4. The Morgan fingerprint density at radius 2 is 0.595 bits per heavy atom. The first-order chi connectivity index (χ1) is 38.0. The average Bonchev–Trinajstić information content (AvgIpc) is 3.59. The summed E-state index contributed by atoms with van der Waals surface area (Å²) in [5.41, 5.74) is 2.49. The highest BCUT2D eigenvalue weighted by Crippen LogP contribution is 2.49. The minimum atomic E-state index is -4.97. The molecule has 0 saturated heterocycles. The molecule has 0 amide bonds. The Morgan fingerprint density at radius 3 is 0.886 bits per heavy atom. The standard InChI is InChI=1S/C60H54O15P4/c61-76(62)70-31-37(28-49-19-16-46-13-10-40-4-1-7-43-22-25-52(49)58(46)55(40)43)33-72-78(66,67)74-35-39(30-51-21-18-48-15-12-42-6-3-9-45-24-27-54(51)60(48)57(42)45)36-75-79(68,69)73-34-38(32-71-77(63,64)65)29-50-20-17-47-14-11-41-5-2-8-44-23-26-53(50)59(47)56(41)44/h1-27,37-39,76H,28-36H2,(H,61,62)(H,66,67)(H,68,69)(H2,63,64,65). The van der Waals surface area contributed by atoms with Crippen LogP contribution >= 0.6 is 31.7 Å². The lowest BCUT2D eigenvalue weighted by Gasteiger charge is -2.24. The van der Waals surface area contributed by atoms with Crippen LogP contribution in [0.2, 0.25) is 0 Å². The van der Waals surface area contributed by atoms with Crippen LogP contribution in [0.1, 0.15) is 16.7 Å². The zero-order valence-electron chi connectivity index (χ0n) is 42.3. The lowest BCUT2D eigenvalue weighted by atomic mass is 9.89. The van der Waals surface area contributed by atoms with E-state index in [-0.39, 0.29) is 25.9 Å². The Labute approximate surface area is 453 Å². The number of phosphoric ester groups is 3. The first-order valence-electron chi connectivity index (χ1n) is 25.8. The monoisotopic (exact) mass is 1140 g/mol. The molecule has 12 aromatic carbocycles. The van der Waals surface area contributed by atoms with Crippen LogP contribution in [0.5, 0.6) is 0 Å². The highest BCUT2D eigenvalue weighted by molar-refractivity contribution is 7.47. The molecule has 0 bridgehead atoms. The molecule has 5 N–H and O–H groups in total. The van der Waals surface area contributed by atoms with Crippen molar-refractivity contribution in [3.63, 3.8) is 0 Å². The predicted octanol–water partition coefficient (Wildman–Crippen LogP) is 14.0. The van der Waals surface area contributed by atoms with Crippen LogP contribution < -0.4 is 0 Å². The summed E-state index contributed by atoms with van der Waals surface area (Å²) in [6.07, 6.45) is 0.540. The van der Waals surface area contributed by atoms with Gasteiger partial charge in [0.2, 0.25) is 0 Å². The third-order valence-electron chi connectivity index (χ3n) is 15.2. The van der Waals surface area contributed by atoms with Gasteiger partial charge >= 0.3 is 31.7 Å². The van der Waals surface area contributed by atoms with Crippen LogP contribution in [-0.2, 0) is 64.7 Å². The second-order valence-corrected chi connectivity index (χ2v) is 25.4. The molecule has 6 unspecified atom stereocenters. The second kappa shape index (κ2) is 21.9. The Bertz CT molecular complexity index is 4350. The van der Waals surface area contributed by atoms with E-state index in [9.17, 15) is 42.7 Å². The summed E-state index contributed by atoms with van der Waals surface area (Å²) in [6, 6.07) is 54.4. The fourth-order valence-electron chi connectivity index (χ4n) is 11.6. The van der Waals surface area contributed by atoms with E-state index in [1.807, 2.05) is 127 Å². The number of benzene rings is 12. The molecule has 0 saturated carbocycles. The SMILES string of the molecule is O=[PH](O)OCC(COP(=O)(O)OCC(COP(=O)(O)OCC(COP(=O)(O)O)Cc1ccc2ccc3cccc4ccc1c2c34)Cc1ccc2ccc3cccc4ccc1c2c34)Cc1ccc2ccc3cccc4ccc1c2c34. The molecule has 12 rings (SSSR count). The molecule has 0 aliphatic heterocycles. The summed E-state index contributed by atoms with van der Waals surface area (Å²) < 4.78 is 84.4. The first-order valence-corrected chi connectivity index (χ1v) is 31.6. The molecule has 19 heteroatoms. The van der Waals surface area contributed by atoms with Crippen molar-refractivity contribution in [1.82, 2.24) is 0 Å². The van der Waals surface area contributed by atoms with E-state index < -0.39 is 82.5 Å². The molecular weight excluding hydrogens is 1080 g/mol. The summed E-state index contributed by atoms with van der Waals surface area (Å²) in [7, 11) is -18.2. The summed E-state index contributed by atoms with van der Waals surface area (Å²) in [5.74, 6) is -2.39. The third kappa shape index (κ3) is 11.5. The van der Waals surface area contributed by atoms with Crippen molar-refractivity contribution in [1.29, 1.82) is 0 Å². The van der Waals surface area contributed by atoms with Crippen molar-refractivity contribution in [2.24, 2.45) is 17.8 Å². The molecule has 6 atom stereocenters. The van der Waals surface area contributed by atoms with Crippen LogP contribution in [0.25, 0.3) is 97.0 Å². The number of phosphoric acid groups is 3. The Balaban J connectivity index is 0.782. The lowest BCUT2D eigenvalue weighted by molar-refractivity contribution is 0.0748. The van der Waals surface area contributed by atoms with Crippen molar-refractivity contribution in [3.8, 4) is 0 Å². The van der Waals surface area contributed by atoms with E-state index in [2.05, 4.69) is 36.4 Å². The minimum Gasteiger partial charge on any atom is -0.326 e. The van der Waals surface area contributed by atoms with E-state index in [0.717, 1.165) is 114 Å². The van der Waals surface area contributed by atoms with Gasteiger partial charge in [0.15, 0.2) is 0 Å². The van der Waals surface area contributed by atoms with Gasteiger partial charge in [-0.25, -0.2) is 13.7 Å². The zero-order valence-corrected chi connectivity index (χ0v) is 46.0. The lowest BCUT2D eigenvalue weighted by Crippen LogP contribution is -2.21. The van der Waals surface area contributed by atoms with Gasteiger partial charge in [0.1, 0.15) is 0 Å². The summed E-state index contributed by atoms with van der Waals surface area (Å²) in [5, 5.41) is 18.5. The Morgan fingerprint density at radius 1 is 0.342 bits per heavy atom. The zero-order chi connectivity index (χ0) is 54.6. The van der Waals surface area contributed by atoms with E-state index in [1.165, 1.54) is 0 Å². The third-order valence-corrected chi connectivity index (χ3v) is 18.0. The molecule has 0 aliphatic rings. The van der Waals surface area contributed by atoms with Crippen molar-refractivity contribution < 1.29 is 69.9 Å². The van der Waals surface area contributed by atoms with Crippen molar-refractivity contribution in [2.45, 2.75) is 19.3 Å². The largest absolute Gasteiger partial charge is 0.472 e. The molecule has 0 aromatic heterocycles. The van der Waals surface area contributed by atoms with Gasteiger partial charge in [-0.15, -0.1) is 0 Å². The summed E-state index contributed by atoms with van der Waals surface area (Å²) in [6.45, 7) is -2.70. The highest BCUT2D eigenvalue weighted by Gasteiger charge is 2.31. The molecule has 12 aromatic rings. The summed E-state index contributed by atoms with van der Waals surface area (Å²) in [4.78, 5) is 51.8. The van der Waals surface area contributed by atoms with Gasteiger partial charge < -0.3 is 29.0 Å². The average molecular weight is 1140 g/mol. The quantitative estimate of drug-likeness (QED) is 0.0280. The molecule has 0 heterocycles. The molecule has 0 aliphatic carbocycles. The minimum absolute atomic E-state index is 0.136. The van der Waals surface area contributed by atoms with Crippen LogP contribution in [0.3, 0.4) is 0 Å². The predicted molar refractivity (Wildman–Crippen MR) is 311 cm³/mol. The molecule has 15 nitrogen and oxygen atoms in total. The van der Waals surface area contributed by atoms with E-state index in [4.69, 9.17) is 27.1 Å². The van der Waals surface area contributed by atoms with E-state index in [1.54, 1.807) is 0 Å². The fourth-order valence-corrected chi connectivity index (χ4v) is 14.1. The van der Waals surface area contributed by atoms with Gasteiger partial charge in [-0.05, 0) is 133 Å². The number of hydrogen-bond acceptors (Lipinski definition) is 10. The molecule has 0 radical (unpaired) electrons. The van der Waals surface area contributed by atoms with Gasteiger partial charge in [-0.2, -0.15) is 0 Å². The van der Waals surface area contributed by atoms with Crippen LogP contribution in [-0.4, -0.2) is 64.1 Å². The van der Waals surface area contributed by atoms with Crippen molar-refractivity contribution in [2.75, 3.05) is 39.6 Å². The van der Waals surface area contributed by atoms with Crippen molar-refractivity contribution in [3.05, 3.63) is 180 Å². The molecule has 404 valence electrons. The molecular formula is C60H54O15P4. The molecule has 79 heavy (non-hydrogen) atoms. The van der Waals surface area contributed by atoms with Crippen molar-refractivity contribution >= 4 is 129 Å².